The lowest BCUT2D eigenvalue weighted by Gasteiger charge is -2.14. The Kier molecular flexibility index (Phi) is 5.90. The summed E-state index contributed by atoms with van der Waals surface area (Å²) < 4.78 is 1.96. The number of carbonyl (C=O) groups excluding carboxylic acids is 1. The Morgan fingerprint density at radius 2 is 2.13 bits per heavy atom. The molecule has 0 spiro atoms. The third-order valence-electron chi connectivity index (χ3n) is 3.90. The highest BCUT2D eigenvalue weighted by molar-refractivity contribution is 5.76. The second kappa shape index (κ2) is 7.90. The second-order valence-corrected chi connectivity index (χ2v) is 6.19. The second-order valence-electron chi connectivity index (χ2n) is 6.19. The molecule has 0 bridgehead atoms. The molecule has 2 rings (SSSR count). The summed E-state index contributed by atoms with van der Waals surface area (Å²) in [5.74, 6) is 0.0904. The average Bonchev–Trinajstić information content (AvgIpc) is 2.79. The molecule has 1 amide bonds. The highest BCUT2D eigenvalue weighted by Gasteiger charge is 2.10. The molecule has 1 unspecified atom stereocenters. The maximum Gasteiger partial charge on any atom is 0.220 e. The SMILES string of the molecule is Cc1cc(C)n(CCCC(=O)NC(C)Cc2ncccc2C)n1. The van der Waals surface area contributed by atoms with Gasteiger partial charge in [-0.25, -0.2) is 0 Å². The molecule has 124 valence electrons. The van der Waals surface area contributed by atoms with Gasteiger partial charge in [-0.2, -0.15) is 5.10 Å². The van der Waals surface area contributed by atoms with Gasteiger partial charge in [-0.3, -0.25) is 14.5 Å². The predicted molar refractivity (Wildman–Crippen MR) is 91.2 cm³/mol. The molecule has 1 atom stereocenters. The molecule has 2 aromatic rings. The van der Waals surface area contributed by atoms with Crippen molar-refractivity contribution in [2.75, 3.05) is 0 Å². The van der Waals surface area contributed by atoms with Crippen molar-refractivity contribution in [3.05, 3.63) is 47.0 Å². The number of aromatic nitrogens is 3. The van der Waals surface area contributed by atoms with Crippen LogP contribution in [-0.2, 0) is 17.8 Å². The van der Waals surface area contributed by atoms with Crippen LogP contribution < -0.4 is 5.32 Å². The topological polar surface area (TPSA) is 59.8 Å². The Balaban J connectivity index is 1.74. The van der Waals surface area contributed by atoms with Crippen LogP contribution in [0.4, 0.5) is 0 Å². The fourth-order valence-corrected chi connectivity index (χ4v) is 2.71. The number of nitrogens with one attached hydrogen (secondary N) is 1. The summed E-state index contributed by atoms with van der Waals surface area (Å²) in [5.41, 5.74) is 4.37. The van der Waals surface area contributed by atoms with E-state index in [2.05, 4.69) is 21.5 Å². The van der Waals surface area contributed by atoms with Crippen molar-refractivity contribution < 1.29 is 4.79 Å². The summed E-state index contributed by atoms with van der Waals surface area (Å²) in [4.78, 5) is 16.4. The molecule has 0 saturated carbocycles. The van der Waals surface area contributed by atoms with Gasteiger partial charge in [0.2, 0.25) is 5.91 Å². The lowest BCUT2D eigenvalue weighted by molar-refractivity contribution is -0.121. The smallest absolute Gasteiger partial charge is 0.220 e. The zero-order chi connectivity index (χ0) is 16.8. The number of amides is 1. The summed E-state index contributed by atoms with van der Waals surface area (Å²) in [6, 6.07) is 6.12. The zero-order valence-corrected chi connectivity index (χ0v) is 14.5. The van der Waals surface area contributed by atoms with Crippen LogP contribution >= 0.6 is 0 Å². The van der Waals surface area contributed by atoms with E-state index in [1.807, 2.05) is 44.5 Å². The molecule has 0 fully saturated rings. The molecule has 0 saturated heterocycles. The quantitative estimate of drug-likeness (QED) is 0.855. The molecule has 0 radical (unpaired) electrons. The van der Waals surface area contributed by atoms with Crippen LogP contribution in [0.5, 0.6) is 0 Å². The molecular weight excluding hydrogens is 288 g/mol. The van der Waals surface area contributed by atoms with Crippen LogP contribution in [0.2, 0.25) is 0 Å². The van der Waals surface area contributed by atoms with Gasteiger partial charge in [-0.05, 0) is 51.8 Å². The zero-order valence-electron chi connectivity index (χ0n) is 14.5. The molecular formula is C18H26N4O. The summed E-state index contributed by atoms with van der Waals surface area (Å²) in [6.07, 6.45) is 3.87. The van der Waals surface area contributed by atoms with Crippen LogP contribution in [0.3, 0.4) is 0 Å². The first kappa shape index (κ1) is 17.2. The monoisotopic (exact) mass is 314 g/mol. The molecule has 0 aliphatic carbocycles. The summed E-state index contributed by atoms with van der Waals surface area (Å²) in [5, 5.41) is 7.46. The highest BCUT2D eigenvalue weighted by Crippen LogP contribution is 2.07. The van der Waals surface area contributed by atoms with Crippen molar-refractivity contribution >= 4 is 5.91 Å². The molecule has 0 aliphatic rings. The first-order valence-electron chi connectivity index (χ1n) is 8.16. The van der Waals surface area contributed by atoms with Crippen molar-refractivity contribution in [1.29, 1.82) is 0 Å². The van der Waals surface area contributed by atoms with Gasteiger partial charge in [-0.1, -0.05) is 6.07 Å². The Hall–Kier alpha value is -2.17. The molecule has 5 nitrogen and oxygen atoms in total. The van der Waals surface area contributed by atoms with Crippen molar-refractivity contribution in [2.45, 2.75) is 59.5 Å². The Bertz CT molecular complexity index is 663. The standard InChI is InChI=1S/C18H26N4O/c1-13-7-5-9-19-17(13)12-14(2)20-18(23)8-6-10-22-16(4)11-15(3)21-22/h5,7,9,11,14H,6,8,10,12H2,1-4H3,(H,20,23). The van der Waals surface area contributed by atoms with E-state index in [9.17, 15) is 4.79 Å². The van der Waals surface area contributed by atoms with Gasteiger partial charge in [0, 0.05) is 43.0 Å². The molecule has 0 aliphatic heterocycles. The minimum absolute atomic E-state index is 0.0878. The van der Waals surface area contributed by atoms with Crippen molar-refractivity contribution in [3.63, 3.8) is 0 Å². The van der Waals surface area contributed by atoms with E-state index < -0.39 is 0 Å². The third kappa shape index (κ3) is 5.20. The number of hydrogen-bond acceptors (Lipinski definition) is 3. The van der Waals surface area contributed by atoms with Gasteiger partial charge < -0.3 is 5.32 Å². The van der Waals surface area contributed by atoms with Gasteiger partial charge in [-0.15, -0.1) is 0 Å². The van der Waals surface area contributed by atoms with E-state index >= 15 is 0 Å². The predicted octanol–water partition coefficient (Wildman–Crippen LogP) is 2.73. The highest BCUT2D eigenvalue weighted by atomic mass is 16.1. The first-order valence-corrected chi connectivity index (χ1v) is 8.16. The number of aryl methyl sites for hydroxylation is 4. The lowest BCUT2D eigenvalue weighted by atomic mass is 10.1. The fraction of sp³-hybridized carbons (Fsp3) is 0.500. The van der Waals surface area contributed by atoms with E-state index in [1.165, 1.54) is 0 Å². The molecule has 23 heavy (non-hydrogen) atoms. The maximum atomic E-state index is 12.0. The van der Waals surface area contributed by atoms with E-state index in [0.717, 1.165) is 42.0 Å². The minimum atomic E-state index is 0.0878. The van der Waals surface area contributed by atoms with Crippen molar-refractivity contribution in [1.82, 2.24) is 20.1 Å². The fourth-order valence-electron chi connectivity index (χ4n) is 2.71. The molecule has 2 heterocycles. The van der Waals surface area contributed by atoms with Gasteiger partial charge in [0.15, 0.2) is 0 Å². The van der Waals surface area contributed by atoms with Crippen molar-refractivity contribution in [3.8, 4) is 0 Å². The van der Waals surface area contributed by atoms with E-state index in [-0.39, 0.29) is 11.9 Å². The normalized spacial score (nSPS) is 12.2. The molecule has 2 aromatic heterocycles. The van der Waals surface area contributed by atoms with Gasteiger partial charge >= 0.3 is 0 Å². The van der Waals surface area contributed by atoms with E-state index in [0.29, 0.717) is 6.42 Å². The number of nitrogens with zero attached hydrogens (tertiary/aromatic N) is 3. The number of rotatable bonds is 7. The van der Waals surface area contributed by atoms with Crippen molar-refractivity contribution in [2.24, 2.45) is 0 Å². The van der Waals surface area contributed by atoms with E-state index in [4.69, 9.17) is 0 Å². The Labute approximate surface area is 138 Å². The third-order valence-corrected chi connectivity index (χ3v) is 3.90. The molecule has 0 aromatic carbocycles. The number of pyridine rings is 1. The van der Waals surface area contributed by atoms with Crippen LogP contribution in [0, 0.1) is 20.8 Å². The van der Waals surface area contributed by atoms with Crippen LogP contribution in [0.1, 0.15) is 42.4 Å². The number of hydrogen-bond donors (Lipinski definition) is 1. The lowest BCUT2D eigenvalue weighted by Crippen LogP contribution is -2.34. The average molecular weight is 314 g/mol. The Morgan fingerprint density at radius 1 is 1.35 bits per heavy atom. The van der Waals surface area contributed by atoms with Gasteiger partial charge in [0.25, 0.3) is 0 Å². The van der Waals surface area contributed by atoms with E-state index in [1.54, 1.807) is 6.20 Å². The maximum absolute atomic E-state index is 12.0. The first-order chi connectivity index (χ1) is 11.0. The largest absolute Gasteiger partial charge is 0.353 e. The number of carbonyl (C=O) groups is 1. The van der Waals surface area contributed by atoms with Crippen LogP contribution in [0.25, 0.3) is 0 Å². The molecule has 5 heteroatoms. The Morgan fingerprint density at radius 3 is 2.78 bits per heavy atom. The van der Waals surface area contributed by atoms with Crippen LogP contribution in [-0.4, -0.2) is 26.7 Å². The van der Waals surface area contributed by atoms with Crippen LogP contribution in [0.15, 0.2) is 24.4 Å². The summed E-state index contributed by atoms with van der Waals surface area (Å²) >= 11 is 0. The minimum Gasteiger partial charge on any atom is -0.353 e. The molecule has 1 N–H and O–H groups in total. The summed E-state index contributed by atoms with van der Waals surface area (Å²) in [6.45, 7) is 8.87. The van der Waals surface area contributed by atoms with Gasteiger partial charge in [0.1, 0.15) is 0 Å². The summed E-state index contributed by atoms with van der Waals surface area (Å²) in [7, 11) is 0. The van der Waals surface area contributed by atoms with Gasteiger partial charge in [0.05, 0.1) is 5.69 Å².